The van der Waals surface area contributed by atoms with E-state index in [4.69, 9.17) is 0 Å². The number of nitrogens with zero attached hydrogens (tertiary/aromatic N) is 2. The van der Waals surface area contributed by atoms with Crippen LogP contribution in [0.1, 0.15) is 17.0 Å². The van der Waals surface area contributed by atoms with Crippen molar-refractivity contribution in [3.63, 3.8) is 0 Å². The van der Waals surface area contributed by atoms with E-state index in [1.165, 1.54) is 12.2 Å². The molecule has 4 nitrogen and oxygen atoms in total. The summed E-state index contributed by atoms with van der Waals surface area (Å²) < 4.78 is 61.2. The predicted molar refractivity (Wildman–Crippen MR) is 75.5 cm³/mol. The van der Waals surface area contributed by atoms with Gasteiger partial charge in [-0.05, 0) is 17.7 Å². The van der Waals surface area contributed by atoms with Crippen LogP contribution in [0.3, 0.4) is 0 Å². The van der Waals surface area contributed by atoms with Crippen molar-refractivity contribution < 1.29 is 21.6 Å². The molecule has 2 rings (SSSR count). The van der Waals surface area contributed by atoms with Gasteiger partial charge in [-0.1, -0.05) is 36.4 Å². The SMILES string of the molecule is CS(=O)(=O)c1nc(/C=C/c2ccccc2)cc(C(F)(F)F)n1. The Labute approximate surface area is 125 Å². The van der Waals surface area contributed by atoms with E-state index in [9.17, 15) is 21.6 Å². The van der Waals surface area contributed by atoms with Gasteiger partial charge >= 0.3 is 6.18 Å². The molecule has 0 radical (unpaired) electrons. The molecular weight excluding hydrogens is 317 g/mol. The smallest absolute Gasteiger partial charge is 0.221 e. The van der Waals surface area contributed by atoms with Crippen LogP contribution in [-0.4, -0.2) is 24.6 Å². The predicted octanol–water partition coefficient (Wildman–Crippen LogP) is 3.07. The number of aromatic nitrogens is 2. The van der Waals surface area contributed by atoms with E-state index in [2.05, 4.69) is 9.97 Å². The molecule has 0 aliphatic carbocycles. The van der Waals surface area contributed by atoms with E-state index >= 15 is 0 Å². The molecule has 0 aliphatic heterocycles. The van der Waals surface area contributed by atoms with Crippen molar-refractivity contribution in [3.8, 4) is 0 Å². The van der Waals surface area contributed by atoms with Crippen molar-refractivity contribution in [1.29, 1.82) is 0 Å². The first-order chi connectivity index (χ1) is 10.2. The third-order valence-electron chi connectivity index (χ3n) is 2.59. The van der Waals surface area contributed by atoms with E-state index < -0.39 is 26.9 Å². The van der Waals surface area contributed by atoms with E-state index in [1.807, 2.05) is 0 Å². The van der Waals surface area contributed by atoms with Gasteiger partial charge in [0.25, 0.3) is 0 Å². The number of halogens is 3. The Hall–Kier alpha value is -2.22. The van der Waals surface area contributed by atoms with Crippen molar-refractivity contribution in [1.82, 2.24) is 9.97 Å². The Bertz CT molecular complexity index is 801. The van der Waals surface area contributed by atoms with Crippen molar-refractivity contribution in [2.45, 2.75) is 11.3 Å². The van der Waals surface area contributed by atoms with Crippen molar-refractivity contribution in [2.75, 3.05) is 6.26 Å². The third-order valence-corrected chi connectivity index (χ3v) is 3.44. The highest BCUT2D eigenvalue weighted by molar-refractivity contribution is 7.90. The highest BCUT2D eigenvalue weighted by atomic mass is 32.2. The molecule has 0 bridgehead atoms. The third kappa shape index (κ3) is 4.14. The molecule has 0 saturated carbocycles. The fourth-order valence-electron chi connectivity index (χ4n) is 1.59. The summed E-state index contributed by atoms with van der Waals surface area (Å²) in [6.07, 6.45) is -1.15. The van der Waals surface area contributed by atoms with Crippen molar-refractivity contribution >= 4 is 22.0 Å². The molecule has 0 N–H and O–H groups in total. The van der Waals surface area contributed by atoms with Gasteiger partial charge in [0.05, 0.1) is 5.69 Å². The van der Waals surface area contributed by atoms with Gasteiger partial charge in [-0.2, -0.15) is 13.2 Å². The van der Waals surface area contributed by atoms with Crippen LogP contribution in [0.2, 0.25) is 0 Å². The highest BCUT2D eigenvalue weighted by Gasteiger charge is 2.34. The first-order valence-corrected chi connectivity index (χ1v) is 7.95. The molecule has 2 aromatic rings. The lowest BCUT2D eigenvalue weighted by Gasteiger charge is -2.08. The van der Waals surface area contributed by atoms with Crippen molar-refractivity contribution in [2.24, 2.45) is 0 Å². The Morgan fingerprint density at radius 1 is 1.05 bits per heavy atom. The molecule has 116 valence electrons. The largest absolute Gasteiger partial charge is 0.433 e. The lowest BCUT2D eigenvalue weighted by Crippen LogP contribution is -2.14. The zero-order valence-corrected chi connectivity index (χ0v) is 12.2. The first-order valence-electron chi connectivity index (χ1n) is 6.06. The van der Waals surface area contributed by atoms with Crippen molar-refractivity contribution in [3.05, 3.63) is 53.3 Å². The summed E-state index contributed by atoms with van der Waals surface area (Å²) in [5.41, 5.74) is -0.683. The maximum absolute atomic E-state index is 12.8. The molecule has 0 amide bonds. The van der Waals surface area contributed by atoms with Gasteiger partial charge in [-0.25, -0.2) is 18.4 Å². The molecule has 0 atom stereocenters. The molecule has 0 fully saturated rings. The summed E-state index contributed by atoms with van der Waals surface area (Å²) in [6.45, 7) is 0. The van der Waals surface area contributed by atoms with E-state index in [0.717, 1.165) is 11.8 Å². The van der Waals surface area contributed by atoms with E-state index in [0.29, 0.717) is 6.07 Å². The maximum Gasteiger partial charge on any atom is 0.433 e. The molecule has 0 unspecified atom stereocenters. The minimum atomic E-state index is -4.75. The summed E-state index contributed by atoms with van der Waals surface area (Å²) in [5, 5.41) is -0.852. The highest BCUT2D eigenvalue weighted by Crippen LogP contribution is 2.28. The van der Waals surface area contributed by atoms with Gasteiger partial charge in [0, 0.05) is 6.26 Å². The molecule has 22 heavy (non-hydrogen) atoms. The van der Waals surface area contributed by atoms with Gasteiger partial charge in [0.1, 0.15) is 5.69 Å². The number of benzene rings is 1. The normalized spacial score (nSPS) is 12.7. The lowest BCUT2D eigenvalue weighted by molar-refractivity contribution is -0.141. The number of hydrogen-bond donors (Lipinski definition) is 0. The molecule has 0 spiro atoms. The fraction of sp³-hybridized carbons (Fsp3) is 0.143. The molecule has 1 aromatic carbocycles. The number of rotatable bonds is 3. The summed E-state index contributed by atoms with van der Waals surface area (Å²) in [4.78, 5) is 6.72. The van der Waals surface area contributed by atoms with Gasteiger partial charge in [0.2, 0.25) is 15.0 Å². The molecule has 8 heteroatoms. The van der Waals surface area contributed by atoms with Gasteiger partial charge in [-0.3, -0.25) is 0 Å². The van der Waals surface area contributed by atoms with Gasteiger partial charge in [0.15, 0.2) is 0 Å². The second kappa shape index (κ2) is 5.88. The fourth-order valence-corrected chi connectivity index (χ4v) is 2.12. The zero-order valence-electron chi connectivity index (χ0n) is 11.4. The monoisotopic (exact) mass is 328 g/mol. The van der Waals surface area contributed by atoms with Crippen LogP contribution in [0.25, 0.3) is 12.2 Å². The van der Waals surface area contributed by atoms with Crippen LogP contribution in [0.4, 0.5) is 13.2 Å². The molecular formula is C14H11F3N2O2S. The second-order valence-corrected chi connectivity index (χ2v) is 6.38. The number of sulfone groups is 1. The van der Waals surface area contributed by atoms with Gasteiger partial charge < -0.3 is 0 Å². The second-order valence-electron chi connectivity index (χ2n) is 4.47. The molecule has 1 aromatic heterocycles. The average Bonchev–Trinajstić information content (AvgIpc) is 2.44. The van der Waals surface area contributed by atoms with Crippen LogP contribution in [-0.2, 0) is 16.0 Å². The summed E-state index contributed by atoms with van der Waals surface area (Å²) in [5.74, 6) is 0. The summed E-state index contributed by atoms with van der Waals surface area (Å²) in [6, 6.07) is 9.53. The van der Waals surface area contributed by atoms with Crippen LogP contribution < -0.4 is 0 Å². The topological polar surface area (TPSA) is 59.9 Å². The van der Waals surface area contributed by atoms with Crippen LogP contribution in [0.5, 0.6) is 0 Å². The van der Waals surface area contributed by atoms with Crippen LogP contribution in [0.15, 0.2) is 41.6 Å². The first kappa shape index (κ1) is 16.2. The number of alkyl halides is 3. The van der Waals surface area contributed by atoms with E-state index in [-0.39, 0.29) is 5.69 Å². The Morgan fingerprint density at radius 2 is 1.68 bits per heavy atom. The summed E-state index contributed by atoms with van der Waals surface area (Å²) in [7, 11) is -3.95. The Balaban J connectivity index is 2.49. The maximum atomic E-state index is 12.8. The molecule has 0 aliphatic rings. The minimum absolute atomic E-state index is 0.133. The Morgan fingerprint density at radius 3 is 2.23 bits per heavy atom. The number of hydrogen-bond acceptors (Lipinski definition) is 4. The van der Waals surface area contributed by atoms with Crippen LogP contribution >= 0.6 is 0 Å². The van der Waals surface area contributed by atoms with Crippen LogP contribution in [0, 0.1) is 0 Å². The molecule has 1 heterocycles. The summed E-state index contributed by atoms with van der Waals surface area (Å²) >= 11 is 0. The standard InChI is InChI=1S/C14H11F3N2O2S/c1-22(20,21)13-18-11(9-12(19-13)14(15,16)17)8-7-10-5-3-2-4-6-10/h2-9H,1H3/b8-7+. The van der Waals surface area contributed by atoms with E-state index in [1.54, 1.807) is 30.3 Å². The minimum Gasteiger partial charge on any atom is -0.221 e. The molecule has 0 saturated heterocycles. The average molecular weight is 328 g/mol. The van der Waals surface area contributed by atoms with Gasteiger partial charge in [-0.15, -0.1) is 0 Å². The quantitative estimate of drug-likeness (QED) is 0.813. The lowest BCUT2D eigenvalue weighted by atomic mass is 10.2. The Kier molecular flexibility index (Phi) is 4.32. The zero-order chi connectivity index (χ0) is 16.4.